The van der Waals surface area contributed by atoms with Crippen LogP contribution < -0.4 is 0 Å². The van der Waals surface area contributed by atoms with E-state index in [0.717, 1.165) is 69.0 Å². The minimum absolute atomic E-state index is 0.747. The summed E-state index contributed by atoms with van der Waals surface area (Å²) in [6.07, 6.45) is 19.7. The predicted molar refractivity (Wildman–Crippen MR) is 166 cm³/mol. The smallest absolute Gasteiger partial charge is 0.0258 e. The first-order valence-electron chi connectivity index (χ1n) is 17.1. The molecular weight excluding hydrogens is 444 g/mol. The average Bonchev–Trinajstić information content (AvgIpc) is 2.78. The summed E-state index contributed by atoms with van der Waals surface area (Å²) in [7, 11) is 0. The number of rotatable bonds is 6. The first-order chi connectivity index (χ1) is 17.1. The summed E-state index contributed by atoms with van der Waals surface area (Å²) in [5.74, 6) is 7.57. The third-order valence-corrected chi connectivity index (χ3v) is 14.1. The van der Waals surface area contributed by atoms with E-state index >= 15 is 0 Å². The molecule has 0 spiro atoms. The van der Waals surface area contributed by atoms with Crippen molar-refractivity contribution in [1.29, 1.82) is 0 Å². The normalized spacial score (nSPS) is 40.4. The molecule has 0 aromatic rings. The van der Waals surface area contributed by atoms with Crippen LogP contribution in [-0.4, -0.2) is 0 Å². The highest BCUT2D eigenvalue weighted by atomic mass is 14.7. The van der Waals surface area contributed by atoms with E-state index in [-0.39, 0.29) is 0 Å². The third-order valence-electron chi connectivity index (χ3n) is 14.1. The Balaban J connectivity index is 0.000000155. The fraction of sp³-hybridized carbons (Fsp3) is 1.00. The van der Waals surface area contributed by atoms with Crippen molar-refractivity contribution in [2.75, 3.05) is 0 Å². The van der Waals surface area contributed by atoms with Crippen molar-refractivity contribution in [2.45, 2.75) is 167 Å². The summed E-state index contributed by atoms with van der Waals surface area (Å²) < 4.78 is 0. The first-order valence-corrected chi connectivity index (χ1v) is 17.1. The molecule has 0 saturated heterocycles. The van der Waals surface area contributed by atoms with Crippen LogP contribution in [0, 0.1) is 69.0 Å². The van der Waals surface area contributed by atoms with Crippen molar-refractivity contribution < 1.29 is 0 Å². The maximum Gasteiger partial charge on any atom is -0.0258 e. The van der Waals surface area contributed by atoms with Gasteiger partial charge in [-0.2, -0.15) is 0 Å². The fourth-order valence-electron chi connectivity index (χ4n) is 9.63. The van der Waals surface area contributed by atoms with Gasteiger partial charge in [0.2, 0.25) is 0 Å². The molecule has 7 saturated carbocycles. The number of fused-ring (bicyclic) bond motifs is 3. The van der Waals surface area contributed by atoms with Gasteiger partial charge in [0.25, 0.3) is 0 Å². The van der Waals surface area contributed by atoms with Gasteiger partial charge < -0.3 is 0 Å². The quantitative estimate of drug-likeness (QED) is 0.330. The van der Waals surface area contributed by atoms with Crippen molar-refractivity contribution in [3.05, 3.63) is 0 Å². The highest BCUT2D eigenvalue weighted by molar-refractivity contribution is 5.18. The summed E-state index contributed by atoms with van der Waals surface area (Å²) in [5, 5.41) is 0. The maximum absolute atomic E-state index is 2.44. The summed E-state index contributed by atoms with van der Waals surface area (Å²) in [6.45, 7) is 28.8. The van der Waals surface area contributed by atoms with Gasteiger partial charge in [-0.25, -0.2) is 0 Å². The van der Waals surface area contributed by atoms with Crippen LogP contribution >= 0.6 is 0 Å². The van der Waals surface area contributed by atoms with E-state index in [9.17, 15) is 0 Å². The van der Waals surface area contributed by atoms with Gasteiger partial charge in [-0.3, -0.25) is 0 Å². The molecular formula is C37H70. The third kappa shape index (κ3) is 6.34. The van der Waals surface area contributed by atoms with Crippen LogP contribution in [0.5, 0.6) is 0 Å². The zero-order valence-electron chi connectivity index (χ0n) is 27.8. The maximum atomic E-state index is 2.44. The zero-order chi connectivity index (χ0) is 27.8. The van der Waals surface area contributed by atoms with Crippen LogP contribution in [0.4, 0.5) is 0 Å². The molecule has 7 aliphatic rings. The fourth-order valence-corrected chi connectivity index (χ4v) is 9.63. The Hall–Kier alpha value is 0. The van der Waals surface area contributed by atoms with Crippen molar-refractivity contribution in [1.82, 2.24) is 0 Å². The van der Waals surface area contributed by atoms with Gasteiger partial charge >= 0.3 is 0 Å². The zero-order valence-corrected chi connectivity index (χ0v) is 27.8. The standard InChI is InChI=1S/C14H26.C12H24.C11H20/c1-11(2)13-5-8-14(9-6-13,10-7-13)12(3)4;1-9(2)11-5-7-12(8-6-11)10(3)4;1-8(2)10-5-11(6-10,7-10)9(3)4/h11-12H,5-10H2,1-4H3;9-12H,5-8H2,1-4H3;8-9H,5-7H2,1-4H3. The van der Waals surface area contributed by atoms with Gasteiger partial charge in [0.15, 0.2) is 0 Å². The van der Waals surface area contributed by atoms with Crippen LogP contribution in [0.3, 0.4) is 0 Å². The molecule has 0 unspecified atom stereocenters. The first kappa shape index (κ1) is 31.5. The van der Waals surface area contributed by atoms with Crippen LogP contribution in [0.1, 0.15) is 167 Å². The molecule has 218 valence electrons. The average molecular weight is 515 g/mol. The van der Waals surface area contributed by atoms with Gasteiger partial charge in [-0.1, -0.05) is 83.1 Å². The van der Waals surface area contributed by atoms with E-state index in [1.54, 1.807) is 0 Å². The largest absolute Gasteiger partial charge is 0.0625 e. The van der Waals surface area contributed by atoms with E-state index in [4.69, 9.17) is 0 Å². The highest BCUT2D eigenvalue weighted by Gasteiger charge is 2.69. The highest BCUT2D eigenvalue weighted by Crippen LogP contribution is 2.78. The lowest BCUT2D eigenvalue weighted by Gasteiger charge is -2.75. The Bertz CT molecular complexity index is 593. The van der Waals surface area contributed by atoms with Gasteiger partial charge in [0.05, 0.1) is 0 Å². The molecule has 4 bridgehead atoms. The van der Waals surface area contributed by atoms with Crippen LogP contribution in [0.15, 0.2) is 0 Å². The molecule has 0 atom stereocenters. The lowest BCUT2D eigenvalue weighted by molar-refractivity contribution is -0.252. The van der Waals surface area contributed by atoms with Crippen molar-refractivity contribution in [3.8, 4) is 0 Å². The van der Waals surface area contributed by atoms with Gasteiger partial charge in [0.1, 0.15) is 0 Å². The number of hydrogen-bond acceptors (Lipinski definition) is 0. The summed E-state index contributed by atoms with van der Waals surface area (Å²) in [4.78, 5) is 0. The Morgan fingerprint density at radius 1 is 0.351 bits per heavy atom. The summed E-state index contributed by atoms with van der Waals surface area (Å²) in [6, 6.07) is 0. The van der Waals surface area contributed by atoms with Crippen molar-refractivity contribution in [2.24, 2.45) is 69.0 Å². The Labute approximate surface area is 235 Å². The van der Waals surface area contributed by atoms with E-state index in [0.29, 0.717) is 0 Å². The second-order valence-electron chi connectivity index (χ2n) is 17.3. The van der Waals surface area contributed by atoms with Crippen molar-refractivity contribution >= 4 is 0 Å². The molecule has 7 fully saturated rings. The SMILES string of the molecule is CC(C)C12CC(C(C)C)(C1)C2.CC(C)C12CCC(C(C)C)(CC1)CC2.CC(C)C1CCC(C(C)C)CC1. The lowest BCUT2D eigenvalue weighted by atomic mass is 9.30. The predicted octanol–water partition coefficient (Wildman–Crippen LogP) is 12.2. The van der Waals surface area contributed by atoms with E-state index in [2.05, 4.69) is 83.1 Å². The number of hydrogen-bond donors (Lipinski definition) is 0. The Kier molecular flexibility index (Phi) is 10.1. The summed E-state index contributed by atoms with van der Waals surface area (Å²) in [5.41, 5.74) is 3.11. The molecule has 0 radical (unpaired) electrons. The second-order valence-corrected chi connectivity index (χ2v) is 17.3. The van der Waals surface area contributed by atoms with Crippen LogP contribution in [0.25, 0.3) is 0 Å². The van der Waals surface area contributed by atoms with E-state index < -0.39 is 0 Å². The van der Waals surface area contributed by atoms with E-state index in [1.165, 1.54) is 83.5 Å². The molecule has 0 amide bonds. The molecule has 0 heterocycles. The van der Waals surface area contributed by atoms with E-state index in [1.807, 2.05) is 0 Å². The van der Waals surface area contributed by atoms with Gasteiger partial charge in [-0.15, -0.1) is 0 Å². The Morgan fingerprint density at radius 2 is 0.568 bits per heavy atom. The molecule has 0 heteroatoms. The molecule has 0 nitrogen and oxygen atoms in total. The Morgan fingerprint density at radius 3 is 0.730 bits per heavy atom. The molecule has 0 aromatic heterocycles. The second kappa shape index (κ2) is 11.9. The molecule has 0 aliphatic heterocycles. The molecule has 37 heavy (non-hydrogen) atoms. The lowest BCUT2D eigenvalue weighted by Crippen LogP contribution is -2.66. The minimum atomic E-state index is 0.747. The van der Waals surface area contributed by atoms with Crippen LogP contribution in [0.2, 0.25) is 0 Å². The monoisotopic (exact) mass is 515 g/mol. The van der Waals surface area contributed by atoms with Gasteiger partial charge in [0, 0.05) is 0 Å². The minimum Gasteiger partial charge on any atom is -0.0625 e. The topological polar surface area (TPSA) is 0 Å². The molecule has 7 rings (SSSR count). The molecule has 7 aliphatic carbocycles. The van der Waals surface area contributed by atoms with Gasteiger partial charge in [-0.05, 0) is 152 Å². The molecule has 0 aromatic carbocycles. The summed E-state index contributed by atoms with van der Waals surface area (Å²) >= 11 is 0. The van der Waals surface area contributed by atoms with Crippen LogP contribution in [-0.2, 0) is 0 Å². The molecule has 0 N–H and O–H groups in total. The van der Waals surface area contributed by atoms with Crippen molar-refractivity contribution in [3.63, 3.8) is 0 Å².